The van der Waals surface area contributed by atoms with Crippen LogP contribution in [0.5, 0.6) is 0 Å². The molecule has 1 heterocycles. The molecule has 104 valence electrons. The van der Waals surface area contributed by atoms with E-state index < -0.39 is 0 Å². The molecule has 0 unspecified atom stereocenters. The molecule has 0 aliphatic carbocycles. The molecule has 2 aromatic rings. The molecule has 20 heavy (non-hydrogen) atoms. The van der Waals surface area contributed by atoms with Crippen molar-refractivity contribution in [2.45, 2.75) is 12.8 Å². The van der Waals surface area contributed by atoms with Crippen molar-refractivity contribution in [3.05, 3.63) is 48.0 Å². The molecule has 0 atom stereocenters. The number of fused-ring (bicyclic) bond motifs is 1. The minimum atomic E-state index is 0.825. The van der Waals surface area contributed by atoms with Gasteiger partial charge >= 0.3 is 0 Å². The fourth-order valence-electron chi connectivity index (χ4n) is 2.70. The molecule has 2 N–H and O–H groups in total. The van der Waals surface area contributed by atoms with E-state index in [1.54, 1.807) is 7.11 Å². The number of nitrogens with zero attached hydrogens (tertiary/aromatic N) is 1. The van der Waals surface area contributed by atoms with Crippen molar-refractivity contribution in [1.29, 1.82) is 0 Å². The molecule has 3 rings (SSSR count). The summed E-state index contributed by atoms with van der Waals surface area (Å²) < 4.78 is 7.34. The highest BCUT2D eigenvalue weighted by Crippen LogP contribution is 2.39. The summed E-state index contributed by atoms with van der Waals surface area (Å²) in [5, 5.41) is 0. The van der Waals surface area contributed by atoms with Crippen LogP contribution in [-0.2, 0) is 10.6 Å². The van der Waals surface area contributed by atoms with E-state index in [1.165, 1.54) is 28.9 Å². The van der Waals surface area contributed by atoms with Crippen molar-refractivity contribution in [1.82, 2.24) is 0 Å². The first-order valence-corrected chi connectivity index (χ1v) is 7.45. The van der Waals surface area contributed by atoms with Crippen molar-refractivity contribution >= 4 is 23.6 Å². The third kappa shape index (κ3) is 2.49. The first kappa shape index (κ1) is 13.3. The highest BCUT2D eigenvalue weighted by molar-refractivity contribution is 7.96. The van der Waals surface area contributed by atoms with Crippen LogP contribution < -0.4 is 10.0 Å². The molecule has 2 aromatic carbocycles. The van der Waals surface area contributed by atoms with Crippen LogP contribution in [0, 0.1) is 0 Å². The molecule has 4 heteroatoms. The molecule has 0 aromatic heterocycles. The number of hydrogen-bond acceptors (Lipinski definition) is 4. The van der Waals surface area contributed by atoms with E-state index in [-0.39, 0.29) is 0 Å². The van der Waals surface area contributed by atoms with Gasteiger partial charge in [-0.2, -0.15) is 0 Å². The fraction of sp³-hybridized carbons (Fsp3) is 0.250. The molecule has 0 saturated heterocycles. The van der Waals surface area contributed by atoms with Gasteiger partial charge in [-0.05, 0) is 41.7 Å². The molecule has 0 radical (unpaired) electrons. The number of anilines is 2. The molecule has 0 fully saturated rings. The summed E-state index contributed by atoms with van der Waals surface area (Å²) in [6.07, 6.45) is 2.20. The van der Waals surface area contributed by atoms with Gasteiger partial charge in [-0.3, -0.25) is 8.49 Å². The average Bonchev–Trinajstić information content (AvgIpc) is 2.48. The zero-order valence-electron chi connectivity index (χ0n) is 11.5. The smallest absolute Gasteiger partial charge is 0.114 e. The van der Waals surface area contributed by atoms with E-state index in [9.17, 15) is 0 Å². The maximum Gasteiger partial charge on any atom is 0.114 e. The lowest BCUT2D eigenvalue weighted by atomic mass is 9.96. The zero-order chi connectivity index (χ0) is 13.9. The second kappa shape index (κ2) is 5.77. The van der Waals surface area contributed by atoms with Crippen molar-refractivity contribution in [3.8, 4) is 11.1 Å². The summed E-state index contributed by atoms with van der Waals surface area (Å²) in [6, 6.07) is 14.7. The topological polar surface area (TPSA) is 38.5 Å². The monoisotopic (exact) mass is 286 g/mol. The highest BCUT2D eigenvalue weighted by Gasteiger charge is 2.21. The van der Waals surface area contributed by atoms with Gasteiger partial charge in [0.25, 0.3) is 0 Å². The summed E-state index contributed by atoms with van der Waals surface area (Å²) >= 11 is 1.36. The van der Waals surface area contributed by atoms with E-state index >= 15 is 0 Å². The molecule has 0 bridgehead atoms. The predicted octanol–water partition coefficient (Wildman–Crippen LogP) is 3.90. The quantitative estimate of drug-likeness (QED) is 0.527. The van der Waals surface area contributed by atoms with E-state index in [1.807, 2.05) is 6.07 Å². The Labute approximate surface area is 124 Å². The van der Waals surface area contributed by atoms with Crippen LogP contribution in [0.2, 0.25) is 0 Å². The number of aryl methyl sites for hydroxylation is 1. The summed E-state index contributed by atoms with van der Waals surface area (Å²) in [6.45, 7) is 0.973. The molecule has 0 spiro atoms. The van der Waals surface area contributed by atoms with Crippen LogP contribution in [0.1, 0.15) is 12.0 Å². The normalized spacial score (nSPS) is 14.2. The van der Waals surface area contributed by atoms with Gasteiger partial charge in [0.15, 0.2) is 0 Å². The average molecular weight is 286 g/mol. The highest BCUT2D eigenvalue weighted by atomic mass is 32.2. The first-order chi connectivity index (χ1) is 9.79. The molecule has 0 amide bonds. The number of hydrogen-bond donors (Lipinski definition) is 1. The summed E-state index contributed by atoms with van der Waals surface area (Å²) in [5.41, 5.74) is 11.9. The second-order valence-corrected chi connectivity index (χ2v) is 5.81. The Bertz CT molecular complexity index is 601. The van der Waals surface area contributed by atoms with E-state index in [4.69, 9.17) is 9.92 Å². The Kier molecular flexibility index (Phi) is 3.85. The van der Waals surface area contributed by atoms with Gasteiger partial charge in [0, 0.05) is 6.54 Å². The molecular weight excluding hydrogens is 268 g/mol. The standard InChI is InChI=1S/C16H18N2OS/c1-19-20-18-9-5-8-13-10-14(11-15(17)16(13)18)12-6-3-2-4-7-12/h2-4,6-7,10-11H,5,8-9,17H2,1H3. The second-order valence-electron chi connectivity index (χ2n) is 4.89. The molecular formula is C16H18N2OS. The fourth-order valence-corrected chi connectivity index (χ4v) is 3.38. The van der Waals surface area contributed by atoms with E-state index in [2.05, 4.69) is 40.7 Å². The maximum absolute atomic E-state index is 6.29. The summed E-state index contributed by atoms with van der Waals surface area (Å²) in [5.74, 6) is 0. The zero-order valence-corrected chi connectivity index (χ0v) is 12.3. The Balaban J connectivity index is 2.04. The maximum atomic E-state index is 6.29. The van der Waals surface area contributed by atoms with Gasteiger partial charge < -0.3 is 5.73 Å². The Morgan fingerprint density at radius 1 is 1.15 bits per heavy atom. The Morgan fingerprint density at radius 2 is 1.95 bits per heavy atom. The third-order valence-electron chi connectivity index (χ3n) is 3.55. The van der Waals surface area contributed by atoms with Crippen molar-refractivity contribution in [2.24, 2.45) is 0 Å². The molecule has 1 aliphatic rings. The van der Waals surface area contributed by atoms with Crippen molar-refractivity contribution < 1.29 is 4.18 Å². The van der Waals surface area contributed by atoms with Gasteiger partial charge in [0.2, 0.25) is 0 Å². The van der Waals surface area contributed by atoms with Gasteiger partial charge in [-0.1, -0.05) is 30.3 Å². The van der Waals surface area contributed by atoms with Gasteiger partial charge in [-0.25, -0.2) is 0 Å². The number of benzene rings is 2. The molecule has 0 saturated carbocycles. The first-order valence-electron chi connectivity index (χ1n) is 6.75. The lowest BCUT2D eigenvalue weighted by molar-refractivity contribution is 0.486. The number of nitrogen functional groups attached to an aromatic ring is 1. The van der Waals surface area contributed by atoms with Crippen molar-refractivity contribution in [2.75, 3.05) is 23.7 Å². The molecule has 1 aliphatic heterocycles. The lowest BCUT2D eigenvalue weighted by Gasteiger charge is -2.30. The minimum Gasteiger partial charge on any atom is -0.397 e. The van der Waals surface area contributed by atoms with Crippen LogP contribution in [0.4, 0.5) is 11.4 Å². The van der Waals surface area contributed by atoms with Crippen LogP contribution in [0.15, 0.2) is 42.5 Å². The largest absolute Gasteiger partial charge is 0.397 e. The number of rotatable bonds is 3. The van der Waals surface area contributed by atoms with Gasteiger partial charge in [0.1, 0.15) is 12.2 Å². The summed E-state index contributed by atoms with van der Waals surface area (Å²) in [7, 11) is 1.69. The predicted molar refractivity (Wildman–Crippen MR) is 86.6 cm³/mol. The van der Waals surface area contributed by atoms with Gasteiger partial charge in [-0.15, -0.1) is 0 Å². The lowest BCUT2D eigenvalue weighted by Crippen LogP contribution is -2.24. The minimum absolute atomic E-state index is 0.825. The summed E-state index contributed by atoms with van der Waals surface area (Å²) in [4.78, 5) is 0. The van der Waals surface area contributed by atoms with Crippen LogP contribution in [0.3, 0.4) is 0 Å². The van der Waals surface area contributed by atoms with Crippen molar-refractivity contribution in [3.63, 3.8) is 0 Å². The van der Waals surface area contributed by atoms with Crippen LogP contribution in [-0.4, -0.2) is 13.7 Å². The van der Waals surface area contributed by atoms with Crippen LogP contribution in [0.25, 0.3) is 11.1 Å². The Hall–Kier alpha value is -1.65. The number of nitrogens with two attached hydrogens (primary N) is 1. The van der Waals surface area contributed by atoms with Crippen LogP contribution >= 0.6 is 12.2 Å². The molecule has 3 nitrogen and oxygen atoms in total. The SMILES string of the molecule is COSN1CCCc2cc(-c3ccccc3)cc(N)c21. The van der Waals surface area contributed by atoms with E-state index in [0.717, 1.165) is 30.8 Å². The van der Waals surface area contributed by atoms with E-state index in [0.29, 0.717) is 0 Å². The Morgan fingerprint density at radius 3 is 2.70 bits per heavy atom. The third-order valence-corrected chi connectivity index (χ3v) is 4.24. The van der Waals surface area contributed by atoms with Gasteiger partial charge in [0.05, 0.1) is 18.5 Å².